The molecule has 0 aliphatic carbocycles. The number of nitrogens with zero attached hydrogens (tertiary/aromatic N) is 1. The SMILES string of the molecule is CS(=O)c1ccc(C(N)C(=O)C2C(=O)N3C=C(C(=O)O)C(C)(N)S[C@H]23)cc1. The van der Waals surface area contributed by atoms with Gasteiger partial charge in [-0.05, 0) is 24.6 Å². The molecular formula is C17H19N3O5S2. The van der Waals surface area contributed by atoms with Gasteiger partial charge in [0, 0.05) is 28.2 Å². The summed E-state index contributed by atoms with van der Waals surface area (Å²) in [4.78, 5) is 37.2. The first-order valence-corrected chi connectivity index (χ1v) is 10.5. The molecule has 10 heteroatoms. The highest BCUT2D eigenvalue weighted by Gasteiger charge is 2.57. The van der Waals surface area contributed by atoms with E-state index < -0.39 is 50.7 Å². The van der Waals surface area contributed by atoms with Crippen molar-refractivity contribution >= 4 is 40.2 Å². The second kappa shape index (κ2) is 6.86. The molecule has 1 fully saturated rings. The van der Waals surface area contributed by atoms with E-state index in [0.717, 1.165) is 11.8 Å². The molecule has 2 aliphatic heterocycles. The van der Waals surface area contributed by atoms with Crippen LogP contribution in [-0.2, 0) is 25.2 Å². The summed E-state index contributed by atoms with van der Waals surface area (Å²) in [6.45, 7) is 1.53. The van der Waals surface area contributed by atoms with Gasteiger partial charge in [-0.25, -0.2) is 4.79 Å². The number of hydrogen-bond donors (Lipinski definition) is 3. The standard InChI is InChI=1S/C17H19N3O5S2/c1-17(19)10(16(23)24)7-20-14(22)11(15(20)26-17)13(21)12(18)8-3-5-9(6-4-8)27(2)25/h3-7,11-12,15H,18-19H2,1-2H3,(H,23,24)/t11?,12?,15-,17?,27?/m1/s1. The van der Waals surface area contributed by atoms with Crippen LogP contribution in [0.5, 0.6) is 0 Å². The zero-order valence-corrected chi connectivity index (χ0v) is 16.3. The van der Waals surface area contributed by atoms with Crippen LogP contribution in [0.3, 0.4) is 0 Å². The van der Waals surface area contributed by atoms with Crippen LogP contribution < -0.4 is 11.5 Å². The Balaban J connectivity index is 1.82. The van der Waals surface area contributed by atoms with Gasteiger partial charge in [0.2, 0.25) is 5.91 Å². The van der Waals surface area contributed by atoms with Crippen LogP contribution in [0.15, 0.2) is 40.9 Å². The molecule has 5 atom stereocenters. The van der Waals surface area contributed by atoms with E-state index in [0.29, 0.717) is 10.5 Å². The van der Waals surface area contributed by atoms with E-state index in [-0.39, 0.29) is 5.57 Å². The van der Waals surface area contributed by atoms with Gasteiger partial charge in [0.15, 0.2) is 5.78 Å². The van der Waals surface area contributed by atoms with Gasteiger partial charge in [0.1, 0.15) is 11.3 Å². The van der Waals surface area contributed by atoms with Gasteiger partial charge in [-0.15, -0.1) is 11.8 Å². The lowest BCUT2D eigenvalue weighted by Crippen LogP contribution is -2.65. The molecule has 0 saturated carbocycles. The number of nitrogens with two attached hydrogens (primary N) is 2. The molecule has 3 rings (SSSR count). The predicted octanol–water partition coefficient (Wildman–Crippen LogP) is 0.168. The molecule has 144 valence electrons. The van der Waals surface area contributed by atoms with Gasteiger partial charge >= 0.3 is 5.97 Å². The maximum Gasteiger partial charge on any atom is 0.335 e. The normalized spacial score (nSPS) is 29.3. The molecular weight excluding hydrogens is 390 g/mol. The van der Waals surface area contributed by atoms with Gasteiger partial charge in [0.25, 0.3) is 0 Å². The Hall–Kier alpha value is -2.01. The maximum atomic E-state index is 12.8. The third-order valence-electron chi connectivity index (χ3n) is 4.66. The number of hydrogen-bond acceptors (Lipinski definition) is 7. The van der Waals surface area contributed by atoms with Crippen molar-refractivity contribution in [2.24, 2.45) is 17.4 Å². The smallest absolute Gasteiger partial charge is 0.335 e. The number of carboxylic acid groups (broad SMARTS) is 1. The Kier molecular flexibility index (Phi) is 5.02. The minimum absolute atomic E-state index is 0.101. The van der Waals surface area contributed by atoms with Crippen LogP contribution >= 0.6 is 11.8 Å². The number of benzene rings is 1. The molecule has 0 bridgehead atoms. The van der Waals surface area contributed by atoms with Crippen LogP contribution in [0.2, 0.25) is 0 Å². The summed E-state index contributed by atoms with van der Waals surface area (Å²) >= 11 is 1.05. The van der Waals surface area contributed by atoms with Gasteiger partial charge in [-0.3, -0.25) is 13.8 Å². The Morgan fingerprint density at radius 1 is 1.33 bits per heavy atom. The minimum Gasteiger partial charge on any atom is -0.478 e. The molecule has 1 aromatic rings. The van der Waals surface area contributed by atoms with Crippen LogP contribution in [0.25, 0.3) is 0 Å². The third-order valence-corrected chi connectivity index (χ3v) is 7.05. The highest BCUT2D eigenvalue weighted by molar-refractivity contribution is 8.01. The number of aliphatic carboxylic acids is 1. The average Bonchev–Trinajstić information content (AvgIpc) is 2.59. The van der Waals surface area contributed by atoms with Crippen molar-refractivity contribution in [1.29, 1.82) is 0 Å². The van der Waals surface area contributed by atoms with E-state index in [1.54, 1.807) is 30.5 Å². The fourth-order valence-electron chi connectivity index (χ4n) is 3.08. The molecule has 8 nitrogen and oxygen atoms in total. The Morgan fingerprint density at radius 2 is 1.93 bits per heavy atom. The number of amides is 1. The topological polar surface area (TPSA) is 144 Å². The van der Waals surface area contributed by atoms with Crippen molar-refractivity contribution in [3.05, 3.63) is 41.6 Å². The minimum atomic E-state index is -1.23. The molecule has 27 heavy (non-hydrogen) atoms. The highest BCUT2D eigenvalue weighted by Crippen LogP contribution is 2.48. The lowest BCUT2D eigenvalue weighted by Gasteiger charge is -2.50. The van der Waals surface area contributed by atoms with Crippen molar-refractivity contribution in [3.63, 3.8) is 0 Å². The predicted molar refractivity (Wildman–Crippen MR) is 101 cm³/mol. The van der Waals surface area contributed by atoms with Crippen molar-refractivity contribution in [2.45, 2.75) is 28.1 Å². The van der Waals surface area contributed by atoms with E-state index in [2.05, 4.69) is 0 Å². The fraction of sp³-hybridized carbons (Fsp3) is 0.353. The largest absolute Gasteiger partial charge is 0.478 e. The lowest BCUT2D eigenvalue weighted by molar-refractivity contribution is -0.152. The van der Waals surface area contributed by atoms with E-state index in [1.807, 2.05) is 0 Å². The summed E-state index contributed by atoms with van der Waals surface area (Å²) in [6, 6.07) is 5.46. The summed E-state index contributed by atoms with van der Waals surface area (Å²) < 4.78 is 11.5. The second-order valence-electron chi connectivity index (χ2n) is 6.59. The molecule has 0 radical (unpaired) electrons. The van der Waals surface area contributed by atoms with Gasteiger partial charge in [-0.2, -0.15) is 0 Å². The molecule has 1 saturated heterocycles. The van der Waals surface area contributed by atoms with Gasteiger partial charge < -0.3 is 21.5 Å². The number of Topliss-reactive ketones (excluding diaryl/α,β-unsaturated/α-hetero) is 1. The average molecular weight is 409 g/mol. The monoisotopic (exact) mass is 409 g/mol. The summed E-state index contributed by atoms with van der Waals surface area (Å²) in [5.74, 6) is -3.14. The summed E-state index contributed by atoms with van der Waals surface area (Å²) in [7, 11) is -1.15. The quantitative estimate of drug-likeness (QED) is 0.461. The zero-order chi connectivity index (χ0) is 20.1. The summed E-state index contributed by atoms with van der Waals surface area (Å²) in [6.07, 6.45) is 2.75. The summed E-state index contributed by atoms with van der Waals surface area (Å²) in [5.41, 5.74) is 12.5. The van der Waals surface area contributed by atoms with Gasteiger partial charge in [-0.1, -0.05) is 12.1 Å². The molecule has 5 N–H and O–H groups in total. The van der Waals surface area contributed by atoms with Crippen molar-refractivity contribution in [2.75, 3.05) is 6.26 Å². The number of carbonyl (C=O) groups is 3. The second-order valence-corrected chi connectivity index (χ2v) is 9.54. The van der Waals surface area contributed by atoms with Crippen LogP contribution in [-0.4, -0.2) is 48.4 Å². The van der Waals surface area contributed by atoms with Crippen molar-refractivity contribution < 1.29 is 23.7 Å². The van der Waals surface area contributed by atoms with E-state index in [9.17, 15) is 23.7 Å². The number of thioether (sulfide) groups is 1. The number of β-lactam (4-membered cyclic amide) rings is 1. The molecule has 1 aromatic carbocycles. The number of fused-ring (bicyclic) bond motifs is 1. The van der Waals surface area contributed by atoms with Crippen molar-refractivity contribution in [1.82, 2.24) is 4.90 Å². The molecule has 2 aliphatic rings. The van der Waals surface area contributed by atoms with Crippen molar-refractivity contribution in [3.8, 4) is 0 Å². The first kappa shape index (κ1) is 19.7. The molecule has 2 heterocycles. The fourth-order valence-corrected chi connectivity index (χ4v) is 5.04. The van der Waals surface area contributed by atoms with Gasteiger partial charge in [0.05, 0.1) is 16.5 Å². The van der Waals surface area contributed by atoms with Crippen LogP contribution in [0.4, 0.5) is 0 Å². The lowest BCUT2D eigenvalue weighted by atomic mass is 9.86. The maximum absolute atomic E-state index is 12.8. The molecule has 4 unspecified atom stereocenters. The van der Waals surface area contributed by atoms with E-state index in [4.69, 9.17) is 11.5 Å². The Bertz CT molecular complexity index is 881. The van der Waals surface area contributed by atoms with E-state index in [1.165, 1.54) is 18.0 Å². The van der Waals surface area contributed by atoms with Crippen LogP contribution in [0.1, 0.15) is 18.5 Å². The highest BCUT2D eigenvalue weighted by atomic mass is 32.2. The number of carbonyl (C=O) groups excluding carboxylic acids is 2. The Morgan fingerprint density at radius 3 is 2.44 bits per heavy atom. The first-order valence-electron chi connectivity index (χ1n) is 8.01. The Labute approximate surface area is 162 Å². The zero-order valence-electron chi connectivity index (χ0n) is 14.6. The number of ketones is 1. The van der Waals surface area contributed by atoms with Crippen LogP contribution in [0, 0.1) is 5.92 Å². The van der Waals surface area contributed by atoms with E-state index >= 15 is 0 Å². The molecule has 0 spiro atoms. The summed E-state index contributed by atoms with van der Waals surface area (Å²) in [5, 5.41) is 8.67. The molecule has 0 aromatic heterocycles. The molecule has 1 amide bonds. The third kappa shape index (κ3) is 3.33. The number of carboxylic acids is 1. The number of rotatable bonds is 5. The first-order chi connectivity index (χ1) is 12.5.